The maximum absolute atomic E-state index is 11.2. The first-order chi connectivity index (χ1) is 10.8. The predicted octanol–water partition coefficient (Wildman–Crippen LogP) is 6.79. The molecule has 0 heterocycles. The van der Waals surface area contributed by atoms with Crippen LogP contribution in [0.1, 0.15) is 98.8 Å². The average molecular weight is 326 g/mol. The van der Waals surface area contributed by atoms with E-state index in [9.17, 15) is 4.79 Å². The molecule has 0 saturated heterocycles. The highest BCUT2D eigenvalue weighted by atomic mass is 16.5. The van der Waals surface area contributed by atoms with Gasteiger partial charge in [0.15, 0.2) is 0 Å². The molecule has 1 radical (unpaired) electrons. The second-order valence-electron chi connectivity index (χ2n) is 8.22. The molecule has 0 bridgehead atoms. The Hall–Kier alpha value is -0.530. The minimum absolute atomic E-state index is 0.183. The van der Waals surface area contributed by atoms with Crippen LogP contribution in [0.2, 0.25) is 0 Å². The fourth-order valence-corrected chi connectivity index (χ4v) is 3.24. The highest BCUT2D eigenvalue weighted by Gasteiger charge is 2.10. The quantitative estimate of drug-likeness (QED) is 0.329. The molecule has 0 N–H and O–H groups in total. The summed E-state index contributed by atoms with van der Waals surface area (Å²) >= 11 is 0. The molecule has 2 heteroatoms. The Balaban J connectivity index is 3.56. The van der Waals surface area contributed by atoms with E-state index in [1.807, 2.05) is 0 Å². The van der Waals surface area contributed by atoms with Gasteiger partial charge in [-0.1, -0.05) is 92.4 Å². The van der Waals surface area contributed by atoms with Crippen molar-refractivity contribution in [3.63, 3.8) is 0 Å². The third kappa shape index (κ3) is 14.8. The molecule has 23 heavy (non-hydrogen) atoms. The molecule has 0 aromatic carbocycles. The van der Waals surface area contributed by atoms with E-state index >= 15 is 0 Å². The molecule has 0 aromatic heterocycles. The number of rotatable bonds is 14. The molecule has 0 rings (SSSR count). The van der Waals surface area contributed by atoms with E-state index in [0.717, 1.165) is 24.2 Å². The zero-order valence-electron chi connectivity index (χ0n) is 16.4. The van der Waals surface area contributed by atoms with Crippen LogP contribution in [0.15, 0.2) is 0 Å². The van der Waals surface area contributed by atoms with E-state index in [4.69, 9.17) is 0 Å². The van der Waals surface area contributed by atoms with Crippen molar-refractivity contribution in [3.8, 4) is 0 Å². The maximum atomic E-state index is 11.2. The summed E-state index contributed by atoms with van der Waals surface area (Å²) in [6.07, 6.45) is 12.4. The van der Waals surface area contributed by atoms with Gasteiger partial charge in [-0.05, 0) is 23.7 Å². The van der Waals surface area contributed by atoms with Crippen molar-refractivity contribution in [2.45, 2.75) is 98.8 Å². The minimum Gasteiger partial charge on any atom is -0.462 e. The lowest BCUT2D eigenvalue weighted by molar-refractivity contribution is -0.139. The third-order valence-corrected chi connectivity index (χ3v) is 4.94. The second kappa shape index (κ2) is 13.9. The number of esters is 1. The van der Waals surface area contributed by atoms with Gasteiger partial charge in [-0.2, -0.15) is 0 Å². The number of hydrogen-bond donors (Lipinski definition) is 0. The van der Waals surface area contributed by atoms with E-state index in [0.29, 0.717) is 12.3 Å². The fourth-order valence-electron chi connectivity index (χ4n) is 3.24. The van der Waals surface area contributed by atoms with Gasteiger partial charge in [0.05, 0.1) is 0 Å². The highest BCUT2D eigenvalue weighted by Crippen LogP contribution is 2.22. The van der Waals surface area contributed by atoms with Gasteiger partial charge in [-0.15, -0.1) is 0 Å². The third-order valence-electron chi connectivity index (χ3n) is 4.94. The first-order valence-corrected chi connectivity index (χ1v) is 9.79. The highest BCUT2D eigenvalue weighted by molar-refractivity contribution is 5.69. The van der Waals surface area contributed by atoms with Gasteiger partial charge in [-0.3, -0.25) is 4.79 Å². The van der Waals surface area contributed by atoms with E-state index in [2.05, 4.69) is 46.5 Å². The molecule has 0 aliphatic rings. The average Bonchev–Trinajstić information content (AvgIpc) is 2.46. The van der Waals surface area contributed by atoms with Crippen LogP contribution in [-0.4, -0.2) is 5.97 Å². The van der Waals surface area contributed by atoms with Crippen molar-refractivity contribution < 1.29 is 9.53 Å². The molecule has 0 aromatic rings. The Morgan fingerprint density at radius 3 is 1.52 bits per heavy atom. The van der Waals surface area contributed by atoms with Gasteiger partial charge in [0.2, 0.25) is 0 Å². The van der Waals surface area contributed by atoms with Crippen LogP contribution < -0.4 is 0 Å². The standard InChI is InChI=1S/C21H41O2/c1-17(2)10-7-11-18(3)12-8-13-19(4)14-9-15-20(5)16-21(22)23-6/h17-20H,6-16H2,1-5H3. The predicted molar refractivity (Wildman–Crippen MR) is 99.9 cm³/mol. The molecule has 0 aliphatic carbocycles. The van der Waals surface area contributed by atoms with Gasteiger partial charge in [0.25, 0.3) is 0 Å². The summed E-state index contributed by atoms with van der Waals surface area (Å²) in [6, 6.07) is 0. The van der Waals surface area contributed by atoms with Crippen LogP contribution in [0, 0.1) is 30.8 Å². The minimum atomic E-state index is -0.183. The Morgan fingerprint density at radius 2 is 1.13 bits per heavy atom. The van der Waals surface area contributed by atoms with Crippen LogP contribution in [0.25, 0.3) is 0 Å². The fraction of sp³-hybridized carbons (Fsp3) is 0.905. The molecule has 137 valence electrons. The van der Waals surface area contributed by atoms with Gasteiger partial charge >= 0.3 is 5.97 Å². The molecule has 0 saturated carbocycles. The Bertz CT molecular complexity index is 286. The summed E-state index contributed by atoms with van der Waals surface area (Å²) in [7, 11) is 3.17. The van der Waals surface area contributed by atoms with Crippen molar-refractivity contribution in [1.29, 1.82) is 0 Å². The van der Waals surface area contributed by atoms with Crippen LogP contribution in [0.5, 0.6) is 0 Å². The van der Waals surface area contributed by atoms with Crippen molar-refractivity contribution in [1.82, 2.24) is 0 Å². The Kier molecular flexibility index (Phi) is 13.5. The lowest BCUT2D eigenvalue weighted by Gasteiger charge is -2.16. The van der Waals surface area contributed by atoms with E-state index < -0.39 is 0 Å². The summed E-state index contributed by atoms with van der Waals surface area (Å²) in [5, 5.41) is 0. The number of carbonyl (C=O) groups is 1. The smallest absolute Gasteiger partial charge is 0.306 e. The topological polar surface area (TPSA) is 26.3 Å². The molecule has 3 unspecified atom stereocenters. The molecule has 0 spiro atoms. The molecular formula is C21H41O2. The maximum Gasteiger partial charge on any atom is 0.306 e. The number of hydrogen-bond acceptors (Lipinski definition) is 2. The van der Waals surface area contributed by atoms with Crippen molar-refractivity contribution in [2.24, 2.45) is 23.7 Å². The zero-order chi connectivity index (χ0) is 17.7. The number of carbonyl (C=O) groups excluding carboxylic acids is 1. The normalized spacial score (nSPS) is 15.4. The molecule has 0 aliphatic heterocycles. The van der Waals surface area contributed by atoms with Crippen molar-refractivity contribution >= 4 is 5.97 Å². The second-order valence-corrected chi connectivity index (χ2v) is 8.22. The van der Waals surface area contributed by atoms with Gasteiger partial charge in [0.1, 0.15) is 7.11 Å². The Morgan fingerprint density at radius 1 is 0.739 bits per heavy atom. The lowest BCUT2D eigenvalue weighted by atomic mass is 9.91. The van der Waals surface area contributed by atoms with Gasteiger partial charge in [-0.25, -0.2) is 0 Å². The first kappa shape index (κ1) is 22.5. The summed E-state index contributed by atoms with van der Waals surface area (Å²) in [4.78, 5) is 11.2. The zero-order valence-corrected chi connectivity index (χ0v) is 16.4. The SMILES string of the molecule is [CH2]OC(=O)CC(C)CCCC(C)CCCC(C)CCCC(C)C. The summed E-state index contributed by atoms with van der Waals surface area (Å²) in [5.41, 5.74) is 0. The van der Waals surface area contributed by atoms with Gasteiger partial charge < -0.3 is 4.74 Å². The molecular weight excluding hydrogens is 284 g/mol. The summed E-state index contributed by atoms with van der Waals surface area (Å²) < 4.78 is 4.48. The Labute approximate surface area is 145 Å². The largest absolute Gasteiger partial charge is 0.462 e. The lowest BCUT2D eigenvalue weighted by Crippen LogP contribution is -2.07. The van der Waals surface area contributed by atoms with Crippen molar-refractivity contribution in [2.75, 3.05) is 0 Å². The van der Waals surface area contributed by atoms with Crippen LogP contribution in [0.4, 0.5) is 0 Å². The van der Waals surface area contributed by atoms with E-state index in [-0.39, 0.29) is 5.97 Å². The van der Waals surface area contributed by atoms with E-state index in [1.54, 1.807) is 0 Å². The molecule has 3 atom stereocenters. The van der Waals surface area contributed by atoms with Crippen LogP contribution in [-0.2, 0) is 9.53 Å². The van der Waals surface area contributed by atoms with Gasteiger partial charge in [0, 0.05) is 6.42 Å². The first-order valence-electron chi connectivity index (χ1n) is 9.79. The summed E-state index contributed by atoms with van der Waals surface area (Å²) in [6.45, 7) is 11.5. The summed E-state index contributed by atoms with van der Waals surface area (Å²) in [5.74, 6) is 2.77. The monoisotopic (exact) mass is 325 g/mol. The van der Waals surface area contributed by atoms with Crippen LogP contribution >= 0.6 is 0 Å². The molecule has 0 amide bonds. The van der Waals surface area contributed by atoms with E-state index in [1.165, 1.54) is 51.4 Å². The molecule has 2 nitrogen and oxygen atoms in total. The van der Waals surface area contributed by atoms with Crippen molar-refractivity contribution in [3.05, 3.63) is 7.11 Å². The van der Waals surface area contributed by atoms with Crippen LogP contribution in [0.3, 0.4) is 0 Å². The molecule has 0 fully saturated rings. The number of ether oxygens (including phenoxy) is 1.